The van der Waals surface area contributed by atoms with Gasteiger partial charge in [-0.2, -0.15) is 0 Å². The van der Waals surface area contributed by atoms with Gasteiger partial charge in [0.2, 0.25) is 0 Å². The molecule has 0 amide bonds. The first-order chi connectivity index (χ1) is 8.18. The van der Waals surface area contributed by atoms with Crippen molar-refractivity contribution in [2.45, 2.75) is 18.3 Å². The molecular weight excluding hydrogens is 286 g/mol. The van der Waals surface area contributed by atoms with Gasteiger partial charge in [-0.15, -0.1) is 0 Å². The molecule has 1 aromatic rings. The Morgan fingerprint density at radius 1 is 1.35 bits per heavy atom. The van der Waals surface area contributed by atoms with Crippen LogP contribution in [0.15, 0.2) is 10.5 Å². The van der Waals surface area contributed by atoms with Crippen LogP contribution in [0.4, 0.5) is 0 Å². The Morgan fingerprint density at radius 3 is 2.71 bits per heavy atom. The molecule has 1 aromatic carbocycles. The lowest BCUT2D eigenvalue weighted by Crippen LogP contribution is -2.21. The SMILES string of the molecule is NCC1(c2cc3c(c(Br)c2O)OCCO3)CC1. The molecule has 1 aliphatic heterocycles. The van der Waals surface area contributed by atoms with Gasteiger partial charge in [0, 0.05) is 17.5 Å². The van der Waals surface area contributed by atoms with Crippen LogP contribution >= 0.6 is 15.9 Å². The Balaban J connectivity index is 2.14. The number of nitrogens with two attached hydrogens (primary N) is 1. The number of ether oxygens (including phenoxy) is 2. The van der Waals surface area contributed by atoms with Crippen LogP contribution in [-0.4, -0.2) is 24.9 Å². The Bertz CT molecular complexity index is 471. The summed E-state index contributed by atoms with van der Waals surface area (Å²) in [6, 6.07) is 1.87. The number of hydrogen-bond acceptors (Lipinski definition) is 4. The quantitative estimate of drug-likeness (QED) is 0.876. The molecule has 0 aromatic heterocycles. The fourth-order valence-electron chi connectivity index (χ4n) is 2.27. The Labute approximate surface area is 108 Å². The summed E-state index contributed by atoms with van der Waals surface area (Å²) in [5.41, 5.74) is 6.60. The largest absolute Gasteiger partial charge is 0.506 e. The van der Waals surface area contributed by atoms with E-state index in [1.165, 1.54) is 0 Å². The molecule has 4 nitrogen and oxygen atoms in total. The third kappa shape index (κ3) is 1.60. The van der Waals surface area contributed by atoms with Crippen molar-refractivity contribution in [2.24, 2.45) is 5.73 Å². The van der Waals surface area contributed by atoms with Gasteiger partial charge < -0.3 is 20.3 Å². The number of halogens is 1. The molecule has 1 fully saturated rings. The third-order valence-electron chi connectivity index (χ3n) is 3.56. The van der Waals surface area contributed by atoms with Crippen LogP contribution in [0.3, 0.4) is 0 Å². The second-order valence-corrected chi connectivity index (χ2v) is 5.39. The van der Waals surface area contributed by atoms with Gasteiger partial charge in [-0.05, 0) is 34.8 Å². The summed E-state index contributed by atoms with van der Waals surface area (Å²) in [6.45, 7) is 1.60. The first kappa shape index (κ1) is 11.2. The van der Waals surface area contributed by atoms with Gasteiger partial charge in [-0.3, -0.25) is 0 Å². The summed E-state index contributed by atoms with van der Waals surface area (Å²) in [4.78, 5) is 0. The van der Waals surface area contributed by atoms with Gasteiger partial charge in [-0.1, -0.05) is 0 Å². The smallest absolute Gasteiger partial charge is 0.179 e. The number of phenolic OH excluding ortho intramolecular Hbond substituents is 1. The lowest BCUT2D eigenvalue weighted by atomic mass is 9.94. The zero-order valence-electron chi connectivity index (χ0n) is 9.33. The highest BCUT2D eigenvalue weighted by Gasteiger charge is 2.46. The van der Waals surface area contributed by atoms with E-state index in [1.54, 1.807) is 0 Å². The molecule has 0 bridgehead atoms. The maximum Gasteiger partial charge on any atom is 0.179 e. The summed E-state index contributed by atoms with van der Waals surface area (Å²) in [5.74, 6) is 1.51. The van der Waals surface area contributed by atoms with E-state index in [1.807, 2.05) is 6.07 Å². The molecule has 1 saturated carbocycles. The molecule has 0 spiro atoms. The number of phenols is 1. The van der Waals surface area contributed by atoms with Gasteiger partial charge in [0.05, 0.1) is 0 Å². The predicted molar refractivity (Wildman–Crippen MR) is 66.8 cm³/mol. The average Bonchev–Trinajstić information content (AvgIpc) is 3.15. The molecular formula is C12H14BrNO3. The lowest BCUT2D eigenvalue weighted by molar-refractivity contribution is 0.169. The predicted octanol–water partition coefficient (Wildman–Crippen LogP) is 1.92. The van der Waals surface area contributed by atoms with Crippen molar-refractivity contribution in [3.05, 3.63) is 16.1 Å². The molecule has 1 heterocycles. The van der Waals surface area contributed by atoms with Crippen LogP contribution in [0.25, 0.3) is 0 Å². The van der Waals surface area contributed by atoms with Gasteiger partial charge in [0.15, 0.2) is 11.5 Å². The molecule has 0 atom stereocenters. The highest BCUT2D eigenvalue weighted by molar-refractivity contribution is 9.10. The van der Waals surface area contributed by atoms with Crippen molar-refractivity contribution < 1.29 is 14.6 Å². The summed E-state index contributed by atoms with van der Waals surface area (Å²) in [7, 11) is 0. The standard InChI is InChI=1S/C12H14BrNO3/c13-9-10(15)7(12(6-14)1-2-12)5-8-11(9)17-4-3-16-8/h5,15H,1-4,6,14H2. The molecule has 2 aliphatic rings. The topological polar surface area (TPSA) is 64.7 Å². The van der Waals surface area contributed by atoms with E-state index < -0.39 is 0 Å². The number of rotatable bonds is 2. The lowest BCUT2D eigenvalue weighted by Gasteiger charge is -2.24. The second kappa shape index (κ2) is 3.78. The number of fused-ring (bicyclic) bond motifs is 1. The molecule has 3 N–H and O–H groups in total. The number of aromatic hydroxyl groups is 1. The van der Waals surface area contributed by atoms with Gasteiger partial charge in [0.1, 0.15) is 23.4 Å². The summed E-state index contributed by atoms with van der Waals surface area (Å²) >= 11 is 3.37. The second-order valence-electron chi connectivity index (χ2n) is 4.60. The van der Waals surface area contributed by atoms with E-state index in [9.17, 15) is 5.11 Å². The van der Waals surface area contributed by atoms with Crippen molar-refractivity contribution in [3.8, 4) is 17.2 Å². The van der Waals surface area contributed by atoms with Crippen LogP contribution in [0.1, 0.15) is 18.4 Å². The number of hydrogen-bond donors (Lipinski definition) is 2. The van der Waals surface area contributed by atoms with Crippen LogP contribution in [0.2, 0.25) is 0 Å². The van der Waals surface area contributed by atoms with E-state index in [2.05, 4.69) is 15.9 Å². The zero-order valence-corrected chi connectivity index (χ0v) is 10.9. The highest BCUT2D eigenvalue weighted by atomic mass is 79.9. The Kier molecular flexibility index (Phi) is 2.48. The van der Waals surface area contributed by atoms with Crippen molar-refractivity contribution in [3.63, 3.8) is 0 Å². The van der Waals surface area contributed by atoms with Crippen molar-refractivity contribution in [1.29, 1.82) is 0 Å². The summed E-state index contributed by atoms with van der Waals surface area (Å²) < 4.78 is 11.6. The fraction of sp³-hybridized carbons (Fsp3) is 0.500. The van der Waals surface area contributed by atoms with Crippen molar-refractivity contribution in [2.75, 3.05) is 19.8 Å². The molecule has 0 unspecified atom stereocenters. The van der Waals surface area contributed by atoms with Gasteiger partial charge in [-0.25, -0.2) is 0 Å². The monoisotopic (exact) mass is 299 g/mol. The number of benzene rings is 1. The average molecular weight is 300 g/mol. The van der Waals surface area contributed by atoms with Crippen LogP contribution in [-0.2, 0) is 5.41 Å². The summed E-state index contributed by atoms with van der Waals surface area (Å²) in [5, 5.41) is 10.2. The normalized spacial score (nSPS) is 20.1. The molecule has 1 aliphatic carbocycles. The Hall–Kier alpha value is -0.940. The first-order valence-corrected chi connectivity index (χ1v) is 6.49. The zero-order chi connectivity index (χ0) is 12.0. The minimum atomic E-state index is -0.0670. The van der Waals surface area contributed by atoms with Crippen LogP contribution in [0, 0.1) is 0 Å². The molecule has 17 heavy (non-hydrogen) atoms. The van der Waals surface area contributed by atoms with Crippen molar-refractivity contribution >= 4 is 15.9 Å². The fourth-order valence-corrected chi connectivity index (χ4v) is 2.80. The van der Waals surface area contributed by atoms with Gasteiger partial charge >= 0.3 is 0 Å². The third-order valence-corrected chi connectivity index (χ3v) is 4.30. The minimum Gasteiger partial charge on any atom is -0.506 e. The maximum atomic E-state index is 10.2. The van der Waals surface area contributed by atoms with Gasteiger partial charge in [0.25, 0.3) is 0 Å². The van der Waals surface area contributed by atoms with E-state index in [-0.39, 0.29) is 11.2 Å². The maximum absolute atomic E-state index is 10.2. The summed E-state index contributed by atoms with van der Waals surface area (Å²) in [6.07, 6.45) is 2.03. The van der Waals surface area contributed by atoms with E-state index in [0.29, 0.717) is 35.7 Å². The van der Waals surface area contributed by atoms with Crippen molar-refractivity contribution in [1.82, 2.24) is 0 Å². The molecule has 0 saturated heterocycles. The molecule has 3 rings (SSSR count). The highest BCUT2D eigenvalue weighted by Crippen LogP contribution is 2.55. The van der Waals surface area contributed by atoms with E-state index in [4.69, 9.17) is 15.2 Å². The molecule has 0 radical (unpaired) electrons. The van der Waals surface area contributed by atoms with E-state index in [0.717, 1.165) is 18.4 Å². The molecule has 92 valence electrons. The first-order valence-electron chi connectivity index (χ1n) is 5.69. The van der Waals surface area contributed by atoms with E-state index >= 15 is 0 Å². The Morgan fingerprint density at radius 2 is 2.06 bits per heavy atom. The van der Waals surface area contributed by atoms with Crippen LogP contribution in [0.5, 0.6) is 17.2 Å². The van der Waals surface area contributed by atoms with Crippen LogP contribution < -0.4 is 15.2 Å². The molecule has 5 heteroatoms. The minimum absolute atomic E-state index is 0.0670.